The van der Waals surface area contributed by atoms with Crippen LogP contribution in [-0.2, 0) is 16.6 Å². The second kappa shape index (κ2) is 5.81. The highest BCUT2D eigenvalue weighted by molar-refractivity contribution is 7.89. The van der Waals surface area contributed by atoms with Gasteiger partial charge in [-0.25, -0.2) is 18.1 Å². The molecule has 0 aliphatic heterocycles. The quantitative estimate of drug-likeness (QED) is 0.768. The van der Waals surface area contributed by atoms with Gasteiger partial charge in [-0.2, -0.15) is 0 Å². The monoisotopic (exact) mass is 275 g/mol. The lowest BCUT2D eigenvalue weighted by molar-refractivity contribution is 0.0377. The summed E-state index contributed by atoms with van der Waals surface area (Å²) < 4.78 is 28.0. The highest BCUT2D eigenvalue weighted by Crippen LogP contribution is 2.14. The summed E-state index contributed by atoms with van der Waals surface area (Å²) in [6.45, 7) is 6.21. The molecular weight excluding hydrogens is 254 g/mol. The predicted molar refractivity (Wildman–Crippen MR) is 68.6 cm³/mol. The van der Waals surface area contributed by atoms with Crippen molar-refractivity contribution < 1.29 is 13.5 Å². The largest absolute Gasteiger partial charge is 0.389 e. The molecule has 104 valence electrons. The summed E-state index contributed by atoms with van der Waals surface area (Å²) in [5.41, 5.74) is -1.000. The van der Waals surface area contributed by atoms with Gasteiger partial charge in [0, 0.05) is 19.3 Å². The van der Waals surface area contributed by atoms with Gasteiger partial charge in [-0.15, -0.1) is 0 Å². The van der Waals surface area contributed by atoms with Crippen LogP contribution in [0.5, 0.6) is 0 Å². The van der Waals surface area contributed by atoms with Crippen LogP contribution in [0.15, 0.2) is 17.6 Å². The molecule has 0 saturated carbocycles. The van der Waals surface area contributed by atoms with Crippen LogP contribution in [0.1, 0.15) is 33.6 Å². The first-order valence-electron chi connectivity index (χ1n) is 6.10. The van der Waals surface area contributed by atoms with Gasteiger partial charge in [0.15, 0.2) is 5.03 Å². The maximum Gasteiger partial charge on any atom is 0.259 e. The molecule has 7 heteroatoms. The minimum Gasteiger partial charge on any atom is -0.389 e. The van der Waals surface area contributed by atoms with E-state index in [0.717, 1.165) is 0 Å². The summed E-state index contributed by atoms with van der Waals surface area (Å²) in [5, 5.41) is 10.0. The van der Waals surface area contributed by atoms with Gasteiger partial charge in [-0.3, -0.25) is 0 Å². The maximum atomic E-state index is 11.9. The van der Waals surface area contributed by atoms with Crippen molar-refractivity contribution in [2.24, 2.45) is 0 Å². The molecular formula is C11H21N3O3S. The zero-order valence-electron chi connectivity index (χ0n) is 11.0. The molecule has 1 rings (SSSR count). The lowest BCUT2D eigenvalue weighted by Gasteiger charge is -2.24. The van der Waals surface area contributed by atoms with Crippen molar-refractivity contribution in [1.29, 1.82) is 0 Å². The summed E-state index contributed by atoms with van der Waals surface area (Å²) in [6, 6.07) is 0. The van der Waals surface area contributed by atoms with Crippen molar-refractivity contribution in [3.05, 3.63) is 12.5 Å². The average molecular weight is 275 g/mol. The topological polar surface area (TPSA) is 84.2 Å². The molecule has 0 amide bonds. The molecule has 0 unspecified atom stereocenters. The molecule has 0 aromatic carbocycles. The molecule has 0 bridgehead atoms. The van der Waals surface area contributed by atoms with E-state index in [4.69, 9.17) is 0 Å². The van der Waals surface area contributed by atoms with Crippen molar-refractivity contribution in [1.82, 2.24) is 14.3 Å². The summed E-state index contributed by atoms with van der Waals surface area (Å²) in [6.07, 6.45) is 3.94. The predicted octanol–water partition coefficient (Wildman–Crippen LogP) is 0.732. The molecule has 1 heterocycles. The van der Waals surface area contributed by atoms with Gasteiger partial charge in [-0.05, 0) is 19.8 Å². The van der Waals surface area contributed by atoms with Gasteiger partial charge in [0.2, 0.25) is 0 Å². The standard InChI is InChI=1S/C11H21N3O3S/c1-4-11(15,5-2)8-13-18(16,17)10-7-14(6-3)9-12-10/h7,9,13,15H,4-6,8H2,1-3H3. The lowest BCUT2D eigenvalue weighted by atomic mass is 9.98. The molecule has 0 aliphatic rings. The summed E-state index contributed by atoms with van der Waals surface area (Å²) in [5.74, 6) is 0. The zero-order chi connectivity index (χ0) is 13.8. The Morgan fingerprint density at radius 3 is 2.44 bits per heavy atom. The first kappa shape index (κ1) is 15.1. The third-order valence-corrected chi connectivity index (χ3v) is 4.44. The van der Waals surface area contributed by atoms with E-state index >= 15 is 0 Å². The van der Waals surface area contributed by atoms with E-state index in [1.165, 1.54) is 12.5 Å². The van der Waals surface area contributed by atoms with Crippen molar-refractivity contribution in [3.63, 3.8) is 0 Å². The minimum atomic E-state index is -3.64. The van der Waals surface area contributed by atoms with Crippen LogP contribution in [0.2, 0.25) is 0 Å². The van der Waals surface area contributed by atoms with Crippen LogP contribution >= 0.6 is 0 Å². The molecule has 1 aromatic rings. The SMILES string of the molecule is CCn1cnc(S(=O)(=O)NCC(O)(CC)CC)c1. The number of hydrogen-bond acceptors (Lipinski definition) is 4. The van der Waals surface area contributed by atoms with Crippen molar-refractivity contribution in [2.75, 3.05) is 6.54 Å². The molecule has 6 nitrogen and oxygen atoms in total. The Morgan fingerprint density at radius 2 is 2.00 bits per heavy atom. The number of rotatable bonds is 7. The normalized spacial score (nSPS) is 12.9. The van der Waals surface area contributed by atoms with Gasteiger partial charge in [0.1, 0.15) is 0 Å². The van der Waals surface area contributed by atoms with Crippen molar-refractivity contribution in [3.8, 4) is 0 Å². The summed E-state index contributed by atoms with van der Waals surface area (Å²) >= 11 is 0. The minimum absolute atomic E-state index is 0.00131. The highest BCUT2D eigenvalue weighted by atomic mass is 32.2. The Balaban J connectivity index is 2.77. The first-order valence-corrected chi connectivity index (χ1v) is 7.59. The first-order chi connectivity index (χ1) is 8.37. The summed E-state index contributed by atoms with van der Waals surface area (Å²) in [4.78, 5) is 3.84. The second-order valence-corrected chi connectivity index (χ2v) is 6.01. The fourth-order valence-corrected chi connectivity index (χ4v) is 2.52. The smallest absolute Gasteiger partial charge is 0.259 e. The van der Waals surface area contributed by atoms with E-state index in [1.54, 1.807) is 4.57 Å². The van der Waals surface area contributed by atoms with E-state index in [9.17, 15) is 13.5 Å². The van der Waals surface area contributed by atoms with E-state index in [-0.39, 0.29) is 11.6 Å². The summed E-state index contributed by atoms with van der Waals surface area (Å²) in [7, 11) is -3.64. The van der Waals surface area contributed by atoms with Gasteiger partial charge in [0.05, 0.1) is 11.9 Å². The maximum absolute atomic E-state index is 11.9. The Labute approximate surface area is 108 Å². The molecule has 0 aliphatic carbocycles. The van der Waals surface area contributed by atoms with Gasteiger partial charge < -0.3 is 9.67 Å². The molecule has 0 atom stereocenters. The molecule has 0 spiro atoms. The van der Waals surface area contributed by atoms with Crippen LogP contribution < -0.4 is 4.72 Å². The Hall–Kier alpha value is -0.920. The van der Waals surface area contributed by atoms with E-state index < -0.39 is 15.6 Å². The van der Waals surface area contributed by atoms with E-state index in [2.05, 4.69) is 9.71 Å². The molecule has 1 aromatic heterocycles. The third-order valence-electron chi connectivity index (χ3n) is 3.16. The number of nitrogens with zero attached hydrogens (tertiary/aromatic N) is 2. The number of sulfonamides is 1. The van der Waals surface area contributed by atoms with Crippen molar-refractivity contribution >= 4 is 10.0 Å². The second-order valence-electron chi connectivity index (χ2n) is 4.30. The number of imidazole rings is 1. The van der Waals surface area contributed by atoms with Crippen LogP contribution in [0.25, 0.3) is 0 Å². The number of aromatic nitrogens is 2. The van der Waals surface area contributed by atoms with Crippen LogP contribution in [0, 0.1) is 0 Å². The number of hydrogen-bond donors (Lipinski definition) is 2. The van der Waals surface area contributed by atoms with Gasteiger partial charge in [0.25, 0.3) is 10.0 Å². The Kier molecular flexibility index (Phi) is 4.89. The molecule has 0 radical (unpaired) electrons. The highest BCUT2D eigenvalue weighted by Gasteiger charge is 2.26. The Bertz CT molecular complexity index is 477. The number of aliphatic hydroxyl groups is 1. The van der Waals surface area contributed by atoms with Crippen LogP contribution in [-0.4, -0.2) is 35.2 Å². The average Bonchev–Trinajstić information content (AvgIpc) is 2.85. The van der Waals surface area contributed by atoms with E-state index in [0.29, 0.717) is 19.4 Å². The van der Waals surface area contributed by atoms with E-state index in [1.807, 2.05) is 20.8 Å². The number of nitrogens with one attached hydrogen (secondary N) is 1. The molecule has 18 heavy (non-hydrogen) atoms. The van der Waals surface area contributed by atoms with Crippen LogP contribution in [0.3, 0.4) is 0 Å². The van der Waals surface area contributed by atoms with Crippen molar-refractivity contribution in [2.45, 2.75) is 50.8 Å². The fourth-order valence-electron chi connectivity index (χ4n) is 1.45. The third kappa shape index (κ3) is 3.54. The Morgan fingerprint density at radius 1 is 1.39 bits per heavy atom. The lowest BCUT2D eigenvalue weighted by Crippen LogP contribution is -2.42. The molecule has 2 N–H and O–H groups in total. The fraction of sp³-hybridized carbons (Fsp3) is 0.727. The molecule has 0 saturated heterocycles. The number of aryl methyl sites for hydroxylation is 1. The zero-order valence-corrected chi connectivity index (χ0v) is 11.9. The van der Waals surface area contributed by atoms with Gasteiger partial charge >= 0.3 is 0 Å². The van der Waals surface area contributed by atoms with Gasteiger partial charge in [-0.1, -0.05) is 13.8 Å². The van der Waals surface area contributed by atoms with Crippen LogP contribution in [0.4, 0.5) is 0 Å². The molecule has 0 fully saturated rings.